The molecule has 0 radical (unpaired) electrons. The Balaban J connectivity index is 2.43. The van der Waals surface area contributed by atoms with Crippen LogP contribution in [-0.4, -0.2) is 0 Å². The molecule has 2 rings (SSSR count). The van der Waals surface area contributed by atoms with E-state index in [1.54, 1.807) is 0 Å². The SMILES string of the molecule is Cc1ccc(C(Br)c2cc(C)c(Cl)cc2C)o1. The zero-order valence-electron chi connectivity index (χ0n) is 10.1. The molecule has 0 N–H and O–H groups in total. The van der Waals surface area contributed by atoms with Crippen molar-refractivity contribution in [2.75, 3.05) is 0 Å². The van der Waals surface area contributed by atoms with Crippen LogP contribution in [0.15, 0.2) is 28.7 Å². The van der Waals surface area contributed by atoms with Crippen molar-refractivity contribution < 1.29 is 4.42 Å². The van der Waals surface area contributed by atoms with E-state index in [2.05, 4.69) is 28.9 Å². The average molecular weight is 314 g/mol. The van der Waals surface area contributed by atoms with E-state index in [1.165, 1.54) is 5.56 Å². The van der Waals surface area contributed by atoms with Gasteiger partial charge in [0, 0.05) is 5.02 Å². The van der Waals surface area contributed by atoms with E-state index >= 15 is 0 Å². The molecule has 1 aromatic heterocycles. The van der Waals surface area contributed by atoms with Crippen LogP contribution < -0.4 is 0 Å². The van der Waals surface area contributed by atoms with Crippen molar-refractivity contribution in [3.8, 4) is 0 Å². The maximum atomic E-state index is 6.10. The van der Waals surface area contributed by atoms with Crippen molar-refractivity contribution in [3.05, 3.63) is 57.5 Å². The zero-order valence-corrected chi connectivity index (χ0v) is 12.4. The molecule has 1 unspecified atom stereocenters. The Morgan fingerprint density at radius 3 is 2.41 bits per heavy atom. The van der Waals surface area contributed by atoms with Gasteiger partial charge in [-0.1, -0.05) is 33.6 Å². The summed E-state index contributed by atoms with van der Waals surface area (Å²) < 4.78 is 5.64. The highest BCUT2D eigenvalue weighted by Crippen LogP contribution is 2.35. The van der Waals surface area contributed by atoms with Crippen molar-refractivity contribution >= 4 is 27.5 Å². The topological polar surface area (TPSA) is 13.1 Å². The molecule has 0 aliphatic rings. The van der Waals surface area contributed by atoms with E-state index in [0.29, 0.717) is 0 Å². The van der Waals surface area contributed by atoms with E-state index in [4.69, 9.17) is 16.0 Å². The molecule has 90 valence electrons. The van der Waals surface area contributed by atoms with Gasteiger partial charge in [0.25, 0.3) is 0 Å². The molecule has 3 heteroatoms. The van der Waals surface area contributed by atoms with Gasteiger partial charge in [0.2, 0.25) is 0 Å². The Kier molecular flexibility index (Phi) is 3.64. The fraction of sp³-hybridized carbons (Fsp3) is 0.286. The van der Waals surface area contributed by atoms with Crippen LogP contribution in [0, 0.1) is 20.8 Å². The first-order chi connectivity index (χ1) is 7.99. The minimum atomic E-state index is 0.0761. The summed E-state index contributed by atoms with van der Waals surface area (Å²) in [5.74, 6) is 1.85. The quantitative estimate of drug-likeness (QED) is 0.682. The lowest BCUT2D eigenvalue weighted by atomic mass is 10.0. The van der Waals surface area contributed by atoms with Crippen molar-refractivity contribution in [2.24, 2.45) is 0 Å². The van der Waals surface area contributed by atoms with Crippen molar-refractivity contribution in [1.82, 2.24) is 0 Å². The number of aryl methyl sites for hydroxylation is 3. The number of rotatable bonds is 2. The number of hydrogen-bond acceptors (Lipinski definition) is 1. The highest BCUT2D eigenvalue weighted by atomic mass is 79.9. The highest BCUT2D eigenvalue weighted by Gasteiger charge is 2.17. The molecule has 1 heterocycles. The van der Waals surface area contributed by atoms with Crippen molar-refractivity contribution in [1.29, 1.82) is 0 Å². The molecule has 0 saturated heterocycles. The lowest BCUT2D eigenvalue weighted by molar-refractivity contribution is 0.491. The molecule has 0 bridgehead atoms. The number of hydrogen-bond donors (Lipinski definition) is 0. The second kappa shape index (κ2) is 4.87. The number of halogens is 2. The third-order valence-corrected chi connectivity index (χ3v) is 4.18. The maximum absolute atomic E-state index is 6.10. The molecule has 0 aliphatic carbocycles. The third kappa shape index (κ3) is 2.58. The van der Waals surface area contributed by atoms with E-state index in [-0.39, 0.29) is 4.83 Å². The zero-order chi connectivity index (χ0) is 12.6. The molecule has 1 aromatic carbocycles. The van der Waals surface area contributed by atoms with E-state index in [9.17, 15) is 0 Å². The molecule has 0 fully saturated rings. The third-order valence-electron chi connectivity index (χ3n) is 2.83. The largest absolute Gasteiger partial charge is 0.465 e. The number of benzene rings is 1. The Morgan fingerprint density at radius 2 is 1.82 bits per heavy atom. The normalized spacial score (nSPS) is 12.8. The summed E-state index contributed by atoms with van der Waals surface area (Å²) >= 11 is 9.78. The lowest BCUT2D eigenvalue weighted by Crippen LogP contribution is -1.96. The summed E-state index contributed by atoms with van der Waals surface area (Å²) in [7, 11) is 0. The van der Waals surface area contributed by atoms with Crippen LogP contribution >= 0.6 is 27.5 Å². The van der Waals surface area contributed by atoms with E-state index < -0.39 is 0 Å². The van der Waals surface area contributed by atoms with Crippen LogP contribution in [0.25, 0.3) is 0 Å². The Labute approximate surface area is 115 Å². The summed E-state index contributed by atoms with van der Waals surface area (Å²) in [5, 5.41) is 0.807. The van der Waals surface area contributed by atoms with Crippen LogP contribution in [0.5, 0.6) is 0 Å². The molecule has 1 nitrogen and oxygen atoms in total. The number of furan rings is 1. The van der Waals surface area contributed by atoms with Gasteiger partial charge in [-0.15, -0.1) is 0 Å². The standard InChI is InChI=1S/C14H14BrClO/c1-8-7-12(16)9(2)6-11(8)14(15)13-5-4-10(3)17-13/h4-7,14H,1-3H3. The molecule has 0 saturated carbocycles. The maximum Gasteiger partial charge on any atom is 0.122 e. The van der Waals surface area contributed by atoms with Crippen LogP contribution in [0.2, 0.25) is 5.02 Å². The molecule has 0 amide bonds. The highest BCUT2D eigenvalue weighted by molar-refractivity contribution is 9.09. The summed E-state index contributed by atoms with van der Waals surface area (Å²) in [4.78, 5) is 0.0761. The van der Waals surface area contributed by atoms with Gasteiger partial charge < -0.3 is 4.42 Å². The first kappa shape index (κ1) is 12.7. The summed E-state index contributed by atoms with van der Waals surface area (Å²) in [6, 6.07) is 8.07. The van der Waals surface area contributed by atoms with Crippen molar-refractivity contribution in [2.45, 2.75) is 25.6 Å². The van der Waals surface area contributed by atoms with Gasteiger partial charge in [0.15, 0.2) is 0 Å². The monoisotopic (exact) mass is 312 g/mol. The van der Waals surface area contributed by atoms with Crippen molar-refractivity contribution in [3.63, 3.8) is 0 Å². The molecule has 0 aliphatic heterocycles. The van der Waals surface area contributed by atoms with Crippen LogP contribution in [0.3, 0.4) is 0 Å². The molecule has 1 atom stereocenters. The van der Waals surface area contributed by atoms with Crippen LogP contribution in [-0.2, 0) is 0 Å². The van der Waals surface area contributed by atoms with Gasteiger partial charge >= 0.3 is 0 Å². The second-order valence-electron chi connectivity index (χ2n) is 4.27. The first-order valence-electron chi connectivity index (χ1n) is 5.46. The summed E-state index contributed by atoms with van der Waals surface area (Å²) in [5.41, 5.74) is 3.44. The molecule has 0 spiro atoms. The lowest BCUT2D eigenvalue weighted by Gasteiger charge is -2.13. The minimum absolute atomic E-state index is 0.0761. The molecular formula is C14H14BrClO. The predicted octanol–water partition coefficient (Wildman–Crippen LogP) is 5.34. The average Bonchev–Trinajstić information content (AvgIpc) is 2.69. The van der Waals surface area contributed by atoms with Crippen LogP contribution in [0.4, 0.5) is 0 Å². The Hall–Kier alpha value is -0.730. The van der Waals surface area contributed by atoms with Gasteiger partial charge in [-0.2, -0.15) is 0 Å². The van der Waals surface area contributed by atoms with Gasteiger partial charge in [0.05, 0.1) is 4.83 Å². The molecular weight excluding hydrogens is 300 g/mol. The van der Waals surface area contributed by atoms with Gasteiger partial charge in [-0.3, -0.25) is 0 Å². The Morgan fingerprint density at radius 1 is 1.12 bits per heavy atom. The van der Waals surface area contributed by atoms with Gasteiger partial charge in [-0.05, 0) is 55.7 Å². The summed E-state index contributed by atoms with van der Waals surface area (Å²) in [6.45, 7) is 6.02. The van der Waals surface area contributed by atoms with Gasteiger partial charge in [0.1, 0.15) is 11.5 Å². The summed E-state index contributed by atoms with van der Waals surface area (Å²) in [6.07, 6.45) is 0. The predicted molar refractivity (Wildman–Crippen MR) is 75.1 cm³/mol. The van der Waals surface area contributed by atoms with E-state index in [1.807, 2.05) is 32.0 Å². The molecule has 2 aromatic rings. The fourth-order valence-corrected chi connectivity index (χ4v) is 2.78. The Bertz CT molecular complexity index is 545. The fourth-order valence-electron chi connectivity index (χ4n) is 1.82. The van der Waals surface area contributed by atoms with Gasteiger partial charge in [-0.25, -0.2) is 0 Å². The van der Waals surface area contributed by atoms with E-state index in [0.717, 1.165) is 27.7 Å². The minimum Gasteiger partial charge on any atom is -0.465 e. The second-order valence-corrected chi connectivity index (χ2v) is 5.59. The number of alkyl halides is 1. The first-order valence-corrected chi connectivity index (χ1v) is 6.75. The van der Waals surface area contributed by atoms with Crippen LogP contribution in [0.1, 0.15) is 33.0 Å². The smallest absolute Gasteiger partial charge is 0.122 e. The molecule has 17 heavy (non-hydrogen) atoms.